The summed E-state index contributed by atoms with van der Waals surface area (Å²) in [5.74, 6) is 0.664. The average molecular weight is 220 g/mol. The molecule has 2 rings (SSSR count). The molecule has 0 spiro atoms. The maximum atomic E-state index is 6.85. The van der Waals surface area contributed by atoms with Crippen LogP contribution in [0.5, 0.6) is 0 Å². The van der Waals surface area contributed by atoms with Crippen molar-refractivity contribution in [2.24, 2.45) is 0 Å². The highest BCUT2D eigenvalue weighted by Gasteiger charge is 2.11. The van der Waals surface area contributed by atoms with E-state index < -0.39 is 0 Å². The average Bonchev–Trinajstić information content (AvgIpc) is 2.60. The normalized spacial score (nSPS) is 9.87. The third kappa shape index (κ3) is 1.51. The number of pyridine rings is 1. The number of halogens is 1. The van der Waals surface area contributed by atoms with Gasteiger partial charge in [-0.2, -0.15) is 5.10 Å². The maximum absolute atomic E-state index is 6.85. The fourth-order valence-electron chi connectivity index (χ4n) is 1.14. The van der Waals surface area contributed by atoms with Gasteiger partial charge in [-0.1, -0.05) is 11.6 Å². The Bertz CT molecular complexity index is 540. The van der Waals surface area contributed by atoms with Gasteiger partial charge in [-0.25, -0.2) is 14.5 Å². The predicted octanol–water partition coefficient (Wildman–Crippen LogP) is 2.05. The molecular weight excluding hydrogens is 214 g/mol. The molecule has 5 nitrogen and oxygen atoms in total. The Kier molecular flexibility index (Phi) is 2.27. The smallest absolute Gasteiger partial charge is 0.247 e. The van der Waals surface area contributed by atoms with E-state index in [4.69, 9.17) is 23.9 Å². The van der Waals surface area contributed by atoms with Gasteiger partial charge in [0.15, 0.2) is 5.82 Å². The van der Waals surface area contributed by atoms with Crippen LogP contribution in [-0.2, 0) is 0 Å². The highest BCUT2D eigenvalue weighted by atomic mass is 35.5. The zero-order valence-corrected chi connectivity index (χ0v) is 8.31. The lowest BCUT2D eigenvalue weighted by molar-refractivity contribution is 0.857. The van der Waals surface area contributed by atoms with Crippen LogP contribution in [0.2, 0.25) is 5.02 Å². The Hall–Kier alpha value is -2.06. The molecule has 0 aliphatic rings. The van der Waals surface area contributed by atoms with E-state index in [1.807, 2.05) is 0 Å². The molecule has 0 bridgehead atoms. The minimum Gasteiger partial charge on any atom is -0.392 e. The van der Waals surface area contributed by atoms with Crippen molar-refractivity contribution in [3.63, 3.8) is 0 Å². The first-order chi connectivity index (χ1) is 7.24. The highest BCUT2D eigenvalue weighted by Crippen LogP contribution is 2.26. The van der Waals surface area contributed by atoms with Crippen LogP contribution in [0.3, 0.4) is 0 Å². The van der Waals surface area contributed by atoms with Crippen LogP contribution in [0.1, 0.15) is 0 Å². The number of hydrogen-bond donors (Lipinski definition) is 1. The van der Waals surface area contributed by atoms with Crippen LogP contribution in [0.4, 0.5) is 11.5 Å². The summed E-state index contributed by atoms with van der Waals surface area (Å²) in [5.41, 5.74) is 5.99. The Morgan fingerprint density at radius 1 is 1.53 bits per heavy atom. The minimum atomic E-state index is 0.241. The van der Waals surface area contributed by atoms with E-state index in [2.05, 4.69) is 14.9 Å². The molecule has 0 fully saturated rings. The van der Waals surface area contributed by atoms with E-state index in [1.165, 1.54) is 10.9 Å². The summed E-state index contributed by atoms with van der Waals surface area (Å²) in [7, 11) is 0. The predicted molar refractivity (Wildman–Crippen MR) is 57.0 cm³/mol. The summed E-state index contributed by atoms with van der Waals surface area (Å²) < 4.78 is 1.34. The van der Waals surface area contributed by atoms with Crippen LogP contribution in [0.15, 0.2) is 24.5 Å². The van der Waals surface area contributed by atoms with E-state index in [1.54, 1.807) is 18.3 Å². The van der Waals surface area contributed by atoms with E-state index in [0.717, 1.165) is 0 Å². The molecule has 2 heterocycles. The molecule has 0 atom stereocenters. The van der Waals surface area contributed by atoms with Crippen molar-refractivity contribution in [1.82, 2.24) is 14.8 Å². The molecule has 0 saturated carbocycles. The number of nitrogens with zero attached hydrogens (tertiary/aromatic N) is 4. The fraction of sp³-hybridized carbons (Fsp3) is 0. The first kappa shape index (κ1) is 9.49. The van der Waals surface area contributed by atoms with Gasteiger partial charge in [0.05, 0.1) is 17.8 Å². The van der Waals surface area contributed by atoms with Crippen molar-refractivity contribution in [1.29, 1.82) is 0 Å². The van der Waals surface area contributed by atoms with Gasteiger partial charge in [0, 0.05) is 6.20 Å². The van der Waals surface area contributed by atoms with E-state index in [0.29, 0.717) is 10.8 Å². The van der Waals surface area contributed by atoms with Gasteiger partial charge in [-0.3, -0.25) is 0 Å². The van der Waals surface area contributed by atoms with Gasteiger partial charge >= 0.3 is 0 Å². The molecule has 0 saturated heterocycles. The SMILES string of the molecule is [C-]#[N+]c1cnn(-c2ncccc2Cl)c1N. The zero-order chi connectivity index (χ0) is 10.8. The van der Waals surface area contributed by atoms with E-state index in [-0.39, 0.29) is 11.5 Å². The standard InChI is InChI=1S/C9H6ClN5/c1-12-7-5-14-15(8(7)11)9-6(10)3-2-4-13-9/h2-5H,11H2. The van der Waals surface area contributed by atoms with Crippen molar-refractivity contribution in [3.05, 3.63) is 41.0 Å². The molecule has 0 unspecified atom stereocenters. The first-order valence-corrected chi connectivity index (χ1v) is 4.43. The molecular formula is C9H6ClN5. The van der Waals surface area contributed by atoms with Crippen LogP contribution in [0, 0.1) is 6.57 Å². The van der Waals surface area contributed by atoms with Crippen LogP contribution >= 0.6 is 11.6 Å². The van der Waals surface area contributed by atoms with Gasteiger partial charge in [0.25, 0.3) is 0 Å². The first-order valence-electron chi connectivity index (χ1n) is 4.06. The van der Waals surface area contributed by atoms with Crippen molar-refractivity contribution in [3.8, 4) is 5.82 Å². The lowest BCUT2D eigenvalue weighted by atomic mass is 10.4. The molecule has 0 aromatic carbocycles. The highest BCUT2D eigenvalue weighted by molar-refractivity contribution is 6.32. The molecule has 15 heavy (non-hydrogen) atoms. The van der Waals surface area contributed by atoms with Crippen LogP contribution < -0.4 is 5.73 Å². The number of nitrogens with two attached hydrogens (primary N) is 1. The van der Waals surface area contributed by atoms with Crippen molar-refractivity contribution >= 4 is 23.1 Å². The van der Waals surface area contributed by atoms with Crippen molar-refractivity contribution in [2.45, 2.75) is 0 Å². The van der Waals surface area contributed by atoms with Gasteiger partial charge in [-0.15, -0.1) is 0 Å². The van der Waals surface area contributed by atoms with Crippen LogP contribution in [0.25, 0.3) is 10.7 Å². The molecule has 2 N–H and O–H groups in total. The summed E-state index contributed by atoms with van der Waals surface area (Å²) in [6.45, 7) is 6.85. The lowest BCUT2D eigenvalue weighted by Gasteiger charge is -2.04. The van der Waals surface area contributed by atoms with Gasteiger partial charge in [-0.05, 0) is 12.1 Å². The zero-order valence-electron chi connectivity index (χ0n) is 7.55. The number of rotatable bonds is 1. The molecule has 0 aliphatic heterocycles. The largest absolute Gasteiger partial charge is 0.392 e. The molecule has 0 aliphatic carbocycles. The molecule has 74 valence electrons. The second-order valence-electron chi connectivity index (χ2n) is 2.75. The van der Waals surface area contributed by atoms with Crippen molar-refractivity contribution < 1.29 is 0 Å². The summed E-state index contributed by atoms with van der Waals surface area (Å²) in [5, 5.41) is 4.38. The third-order valence-corrected chi connectivity index (χ3v) is 2.14. The third-order valence-electron chi connectivity index (χ3n) is 1.85. The summed E-state index contributed by atoms with van der Waals surface area (Å²) >= 11 is 5.93. The minimum absolute atomic E-state index is 0.241. The van der Waals surface area contributed by atoms with E-state index >= 15 is 0 Å². The summed E-state index contributed by atoms with van der Waals surface area (Å²) in [4.78, 5) is 7.26. The molecule has 2 aromatic heterocycles. The Balaban J connectivity index is 2.61. The second kappa shape index (κ2) is 3.59. The Morgan fingerprint density at radius 2 is 2.33 bits per heavy atom. The van der Waals surface area contributed by atoms with Crippen LogP contribution in [-0.4, -0.2) is 14.8 Å². The quantitative estimate of drug-likeness (QED) is 0.747. The van der Waals surface area contributed by atoms with Gasteiger partial charge in [0.1, 0.15) is 5.82 Å². The van der Waals surface area contributed by atoms with Gasteiger partial charge < -0.3 is 5.73 Å². The number of aromatic nitrogens is 3. The topological polar surface area (TPSA) is 61.1 Å². The number of nitrogen functional groups attached to an aromatic ring is 1. The Morgan fingerprint density at radius 3 is 2.93 bits per heavy atom. The van der Waals surface area contributed by atoms with Gasteiger partial charge in [0.2, 0.25) is 5.69 Å². The summed E-state index contributed by atoms with van der Waals surface area (Å²) in [6, 6.07) is 3.39. The maximum Gasteiger partial charge on any atom is 0.247 e. The number of anilines is 1. The second-order valence-corrected chi connectivity index (χ2v) is 3.15. The van der Waals surface area contributed by atoms with E-state index in [9.17, 15) is 0 Å². The summed E-state index contributed by atoms with van der Waals surface area (Å²) in [6.07, 6.45) is 2.97. The monoisotopic (exact) mass is 219 g/mol. The van der Waals surface area contributed by atoms with Crippen molar-refractivity contribution in [2.75, 3.05) is 5.73 Å². The fourth-order valence-corrected chi connectivity index (χ4v) is 1.34. The molecule has 6 heteroatoms. The molecule has 2 aromatic rings. The lowest BCUT2D eigenvalue weighted by Crippen LogP contribution is -2.04. The molecule has 0 radical (unpaired) electrons. The molecule has 0 amide bonds. The Labute approximate surface area is 90.9 Å². The number of hydrogen-bond acceptors (Lipinski definition) is 3.